The van der Waals surface area contributed by atoms with E-state index in [0.717, 1.165) is 0 Å². The summed E-state index contributed by atoms with van der Waals surface area (Å²) < 4.78 is 0. The molecule has 0 radical (unpaired) electrons. The molecule has 0 saturated carbocycles. The van der Waals surface area contributed by atoms with Crippen LogP contribution < -0.4 is 0 Å². The van der Waals surface area contributed by atoms with Gasteiger partial charge in [-0.25, -0.2) is 4.79 Å². The Morgan fingerprint density at radius 2 is 2.38 bits per heavy atom. The summed E-state index contributed by atoms with van der Waals surface area (Å²) in [4.78, 5) is 24.2. The highest BCUT2D eigenvalue weighted by Crippen LogP contribution is 2.30. The minimum atomic E-state index is -0.958. The quantitative estimate of drug-likeness (QED) is 0.731. The van der Waals surface area contributed by atoms with Crippen molar-refractivity contribution in [2.75, 3.05) is 7.05 Å². The van der Waals surface area contributed by atoms with Crippen molar-refractivity contribution in [1.82, 2.24) is 4.90 Å². The number of amides is 1. The Labute approximate surface area is 78.4 Å². The van der Waals surface area contributed by atoms with Gasteiger partial charge in [-0.15, -0.1) is 11.3 Å². The molecule has 4 nitrogen and oxygen atoms in total. The predicted molar refractivity (Wildman–Crippen MR) is 47.1 cm³/mol. The molecule has 0 bridgehead atoms. The SMILES string of the molecule is CN1Cc2c(C(=O)O)csc2C1=O. The van der Waals surface area contributed by atoms with Gasteiger partial charge in [0, 0.05) is 24.5 Å². The smallest absolute Gasteiger partial charge is 0.336 e. The van der Waals surface area contributed by atoms with Crippen molar-refractivity contribution >= 4 is 23.2 Å². The lowest BCUT2D eigenvalue weighted by molar-refractivity contribution is 0.0694. The lowest BCUT2D eigenvalue weighted by Crippen LogP contribution is -2.17. The molecule has 1 amide bonds. The molecule has 2 heterocycles. The van der Waals surface area contributed by atoms with Crippen molar-refractivity contribution in [3.8, 4) is 0 Å². The van der Waals surface area contributed by atoms with Gasteiger partial charge in [-0.2, -0.15) is 0 Å². The number of rotatable bonds is 1. The van der Waals surface area contributed by atoms with Crippen molar-refractivity contribution in [2.24, 2.45) is 0 Å². The third-order valence-electron chi connectivity index (χ3n) is 2.06. The number of fused-ring (bicyclic) bond motifs is 1. The van der Waals surface area contributed by atoms with Crippen molar-refractivity contribution in [3.05, 3.63) is 21.4 Å². The van der Waals surface area contributed by atoms with Gasteiger partial charge in [-0.1, -0.05) is 0 Å². The zero-order valence-electron chi connectivity index (χ0n) is 6.90. The van der Waals surface area contributed by atoms with Crippen LogP contribution in [0.5, 0.6) is 0 Å². The molecular formula is C8H7NO3S. The molecule has 0 aliphatic carbocycles. The van der Waals surface area contributed by atoms with Crippen LogP contribution in [0.4, 0.5) is 0 Å². The van der Waals surface area contributed by atoms with Crippen LogP contribution in [0.3, 0.4) is 0 Å². The van der Waals surface area contributed by atoms with E-state index < -0.39 is 5.97 Å². The van der Waals surface area contributed by atoms with E-state index in [0.29, 0.717) is 17.0 Å². The molecule has 1 N–H and O–H groups in total. The molecule has 0 spiro atoms. The van der Waals surface area contributed by atoms with Gasteiger partial charge < -0.3 is 10.0 Å². The molecule has 0 fully saturated rings. The second-order valence-corrected chi connectivity index (χ2v) is 3.80. The van der Waals surface area contributed by atoms with Crippen LogP contribution in [-0.4, -0.2) is 28.9 Å². The van der Waals surface area contributed by atoms with E-state index in [4.69, 9.17) is 5.11 Å². The average Bonchev–Trinajstić information content (AvgIpc) is 2.55. The Balaban J connectivity index is 2.54. The molecule has 0 aromatic carbocycles. The van der Waals surface area contributed by atoms with Crippen molar-refractivity contribution in [3.63, 3.8) is 0 Å². The fourth-order valence-electron chi connectivity index (χ4n) is 1.38. The number of hydrogen-bond acceptors (Lipinski definition) is 3. The monoisotopic (exact) mass is 197 g/mol. The largest absolute Gasteiger partial charge is 0.478 e. The Hall–Kier alpha value is -1.36. The molecule has 0 atom stereocenters. The van der Waals surface area contributed by atoms with E-state index in [1.54, 1.807) is 7.05 Å². The van der Waals surface area contributed by atoms with Gasteiger partial charge in [0.1, 0.15) is 0 Å². The Morgan fingerprint density at radius 1 is 1.69 bits per heavy atom. The maximum Gasteiger partial charge on any atom is 0.336 e. The van der Waals surface area contributed by atoms with E-state index in [-0.39, 0.29) is 11.5 Å². The maximum atomic E-state index is 11.4. The first-order chi connectivity index (χ1) is 6.11. The normalized spacial score (nSPS) is 14.8. The second kappa shape index (κ2) is 2.56. The first kappa shape index (κ1) is 8.25. The number of aromatic carboxylic acids is 1. The molecule has 13 heavy (non-hydrogen) atoms. The van der Waals surface area contributed by atoms with E-state index in [2.05, 4.69) is 0 Å². The first-order valence-electron chi connectivity index (χ1n) is 3.70. The molecular weight excluding hydrogens is 190 g/mol. The first-order valence-corrected chi connectivity index (χ1v) is 4.58. The zero-order valence-corrected chi connectivity index (χ0v) is 7.72. The maximum absolute atomic E-state index is 11.4. The van der Waals surface area contributed by atoms with Gasteiger partial charge in [0.15, 0.2) is 0 Å². The molecule has 1 aliphatic heterocycles. The molecule has 5 heteroatoms. The lowest BCUT2D eigenvalue weighted by atomic mass is 10.2. The van der Waals surface area contributed by atoms with Crippen LogP contribution in [-0.2, 0) is 6.54 Å². The molecule has 1 aliphatic rings. The van der Waals surface area contributed by atoms with Gasteiger partial charge in [0.2, 0.25) is 0 Å². The van der Waals surface area contributed by atoms with Gasteiger partial charge in [-0.3, -0.25) is 4.79 Å². The third kappa shape index (κ3) is 1.04. The predicted octanol–water partition coefficient (Wildman–Crippen LogP) is 1.03. The highest BCUT2D eigenvalue weighted by molar-refractivity contribution is 7.12. The Bertz CT molecular complexity index is 396. The van der Waals surface area contributed by atoms with Gasteiger partial charge in [-0.05, 0) is 0 Å². The minimum absolute atomic E-state index is 0.0764. The van der Waals surface area contributed by atoms with E-state index in [1.807, 2.05) is 0 Å². The number of carbonyl (C=O) groups is 2. The van der Waals surface area contributed by atoms with E-state index in [9.17, 15) is 9.59 Å². The number of carboxylic acid groups (broad SMARTS) is 1. The topological polar surface area (TPSA) is 57.6 Å². The molecule has 68 valence electrons. The summed E-state index contributed by atoms with van der Waals surface area (Å²) in [7, 11) is 1.67. The number of nitrogens with zero attached hydrogens (tertiary/aromatic N) is 1. The van der Waals surface area contributed by atoms with Crippen molar-refractivity contribution < 1.29 is 14.7 Å². The lowest BCUT2D eigenvalue weighted by Gasteiger charge is -2.05. The van der Waals surface area contributed by atoms with Crippen LogP contribution in [0.1, 0.15) is 25.6 Å². The van der Waals surface area contributed by atoms with Gasteiger partial charge in [0.05, 0.1) is 10.4 Å². The molecule has 1 aromatic heterocycles. The number of carboxylic acids is 1. The summed E-state index contributed by atoms with van der Waals surface area (Å²) in [6.45, 7) is 0.416. The standard InChI is InChI=1S/C8H7NO3S/c1-9-2-4-5(8(11)12)3-13-6(4)7(9)10/h3H,2H2,1H3,(H,11,12). The van der Waals surface area contributed by atoms with E-state index in [1.165, 1.54) is 21.6 Å². The summed E-state index contributed by atoms with van der Waals surface area (Å²) >= 11 is 1.21. The van der Waals surface area contributed by atoms with Crippen LogP contribution in [0.15, 0.2) is 5.38 Å². The average molecular weight is 197 g/mol. The fourth-order valence-corrected chi connectivity index (χ4v) is 2.43. The van der Waals surface area contributed by atoms with Crippen LogP contribution in [0.25, 0.3) is 0 Å². The third-order valence-corrected chi connectivity index (χ3v) is 3.07. The summed E-state index contributed by atoms with van der Waals surface area (Å²) in [6.07, 6.45) is 0. The summed E-state index contributed by atoms with van der Waals surface area (Å²) in [5, 5.41) is 10.3. The van der Waals surface area contributed by atoms with Gasteiger partial charge >= 0.3 is 5.97 Å². The van der Waals surface area contributed by atoms with Crippen LogP contribution in [0, 0.1) is 0 Å². The van der Waals surface area contributed by atoms with E-state index >= 15 is 0 Å². The number of thiophene rings is 1. The molecule has 0 saturated heterocycles. The Morgan fingerprint density at radius 3 is 3.00 bits per heavy atom. The highest BCUT2D eigenvalue weighted by atomic mass is 32.1. The van der Waals surface area contributed by atoms with Gasteiger partial charge in [0.25, 0.3) is 5.91 Å². The molecule has 0 unspecified atom stereocenters. The minimum Gasteiger partial charge on any atom is -0.478 e. The van der Waals surface area contributed by atoms with Crippen LogP contribution >= 0.6 is 11.3 Å². The Kier molecular flexibility index (Phi) is 1.63. The summed E-state index contributed by atoms with van der Waals surface area (Å²) in [6, 6.07) is 0. The highest BCUT2D eigenvalue weighted by Gasteiger charge is 2.30. The summed E-state index contributed by atoms with van der Waals surface area (Å²) in [5.41, 5.74) is 0.919. The molecule has 1 aromatic rings. The summed E-state index contributed by atoms with van der Waals surface area (Å²) in [5.74, 6) is -1.03. The molecule has 2 rings (SSSR count). The fraction of sp³-hybridized carbons (Fsp3) is 0.250. The van der Waals surface area contributed by atoms with Crippen molar-refractivity contribution in [1.29, 1.82) is 0 Å². The number of hydrogen-bond donors (Lipinski definition) is 1. The second-order valence-electron chi connectivity index (χ2n) is 2.92. The van der Waals surface area contributed by atoms with Crippen molar-refractivity contribution in [2.45, 2.75) is 6.54 Å². The zero-order chi connectivity index (χ0) is 9.59. The number of carbonyl (C=O) groups excluding carboxylic acids is 1. The van der Waals surface area contributed by atoms with Crippen LogP contribution in [0.2, 0.25) is 0 Å².